The molecule has 0 radical (unpaired) electrons. The van der Waals surface area contributed by atoms with Crippen molar-refractivity contribution in [2.45, 2.75) is 32.9 Å². The average Bonchev–Trinajstić information content (AvgIpc) is 2.30. The minimum atomic E-state index is -1.41. The zero-order chi connectivity index (χ0) is 14.3. The number of esters is 1. The van der Waals surface area contributed by atoms with E-state index in [-0.39, 0.29) is 18.4 Å². The Bertz CT molecular complexity index is 317. The van der Waals surface area contributed by atoms with Crippen molar-refractivity contribution in [3.05, 3.63) is 0 Å². The summed E-state index contributed by atoms with van der Waals surface area (Å²) in [6, 6.07) is -0.702. The van der Waals surface area contributed by atoms with Gasteiger partial charge < -0.3 is 20.5 Å². The van der Waals surface area contributed by atoms with Crippen LogP contribution in [0.2, 0.25) is 0 Å². The molecule has 2 amide bonds. The fourth-order valence-electron chi connectivity index (χ4n) is 1.28. The second kappa shape index (κ2) is 7.65. The number of aliphatic hydroxyl groups is 1. The topological polar surface area (TPSA) is 105 Å². The van der Waals surface area contributed by atoms with Gasteiger partial charge in [-0.25, -0.2) is 4.79 Å². The summed E-state index contributed by atoms with van der Waals surface area (Å²) in [5.41, 5.74) is 0. The number of ether oxygens (including phenoxy) is 1. The molecule has 0 aromatic carbocycles. The van der Waals surface area contributed by atoms with E-state index in [0.29, 0.717) is 0 Å². The van der Waals surface area contributed by atoms with Crippen LogP contribution in [0.25, 0.3) is 0 Å². The first kappa shape index (κ1) is 16.4. The highest BCUT2D eigenvalue weighted by molar-refractivity contribution is 5.87. The lowest BCUT2D eigenvalue weighted by Crippen LogP contribution is -2.51. The predicted octanol–water partition coefficient (Wildman–Crippen LogP) is -1.20. The van der Waals surface area contributed by atoms with Gasteiger partial charge in [0.2, 0.25) is 11.8 Å². The Morgan fingerprint density at radius 2 is 1.83 bits per heavy atom. The molecule has 0 aromatic heterocycles. The van der Waals surface area contributed by atoms with Crippen LogP contribution in [0.15, 0.2) is 0 Å². The maximum Gasteiger partial charge on any atom is 0.336 e. The smallest absolute Gasteiger partial charge is 0.336 e. The van der Waals surface area contributed by atoms with Crippen LogP contribution in [0.4, 0.5) is 0 Å². The first-order valence-electron chi connectivity index (χ1n) is 5.60. The number of hydrogen-bond acceptors (Lipinski definition) is 5. The predicted molar refractivity (Wildman–Crippen MR) is 63.5 cm³/mol. The Labute approximate surface area is 106 Å². The lowest BCUT2D eigenvalue weighted by atomic mass is 10.0. The Balaban J connectivity index is 4.35. The average molecular weight is 260 g/mol. The molecule has 0 heterocycles. The summed E-state index contributed by atoms with van der Waals surface area (Å²) < 4.78 is 4.31. The number of carbonyl (C=O) groups is 3. The first-order valence-corrected chi connectivity index (χ1v) is 5.60. The third-order valence-electron chi connectivity index (χ3n) is 2.25. The normalized spacial score (nSPS) is 13.7. The molecule has 0 aromatic rings. The third-order valence-corrected chi connectivity index (χ3v) is 2.25. The van der Waals surface area contributed by atoms with Crippen molar-refractivity contribution in [1.29, 1.82) is 0 Å². The summed E-state index contributed by atoms with van der Waals surface area (Å²) in [5.74, 6) is -1.71. The Kier molecular flexibility index (Phi) is 6.96. The summed E-state index contributed by atoms with van der Waals surface area (Å²) >= 11 is 0. The van der Waals surface area contributed by atoms with E-state index in [4.69, 9.17) is 0 Å². The fourth-order valence-corrected chi connectivity index (χ4v) is 1.28. The van der Waals surface area contributed by atoms with Crippen LogP contribution in [-0.4, -0.2) is 48.7 Å². The second-order valence-electron chi connectivity index (χ2n) is 4.21. The third kappa shape index (κ3) is 5.62. The van der Waals surface area contributed by atoms with Crippen LogP contribution in [0.1, 0.15) is 20.8 Å². The van der Waals surface area contributed by atoms with Gasteiger partial charge in [-0.2, -0.15) is 0 Å². The van der Waals surface area contributed by atoms with Gasteiger partial charge >= 0.3 is 5.97 Å². The maximum atomic E-state index is 11.7. The molecule has 2 unspecified atom stereocenters. The van der Waals surface area contributed by atoms with Crippen molar-refractivity contribution < 1.29 is 24.2 Å². The van der Waals surface area contributed by atoms with E-state index < -0.39 is 24.0 Å². The molecular weight excluding hydrogens is 240 g/mol. The molecule has 0 saturated heterocycles. The number of aliphatic hydroxyl groups excluding tert-OH is 1. The quantitative estimate of drug-likeness (QED) is 0.520. The Morgan fingerprint density at radius 1 is 1.28 bits per heavy atom. The van der Waals surface area contributed by atoms with Crippen molar-refractivity contribution in [1.82, 2.24) is 10.6 Å². The number of carbonyl (C=O) groups excluding carboxylic acids is 3. The standard InChI is InChI=1S/C11H20N2O5/c1-6(2)9(13-7(3)14)10(16)12-5-8(15)11(17)18-4/h6,8-9,15H,5H2,1-4H3,(H,12,16)(H,13,14). The monoisotopic (exact) mass is 260 g/mol. The van der Waals surface area contributed by atoms with E-state index in [2.05, 4.69) is 15.4 Å². The van der Waals surface area contributed by atoms with Gasteiger partial charge in [-0.3, -0.25) is 9.59 Å². The second-order valence-corrected chi connectivity index (χ2v) is 4.21. The molecule has 104 valence electrons. The molecule has 7 heteroatoms. The van der Waals surface area contributed by atoms with Crippen LogP contribution in [-0.2, 0) is 19.1 Å². The van der Waals surface area contributed by atoms with E-state index in [0.717, 1.165) is 7.11 Å². The van der Waals surface area contributed by atoms with Gasteiger partial charge in [0.15, 0.2) is 6.10 Å². The molecule has 18 heavy (non-hydrogen) atoms. The molecule has 0 saturated carbocycles. The van der Waals surface area contributed by atoms with Gasteiger partial charge in [0, 0.05) is 6.92 Å². The van der Waals surface area contributed by atoms with Crippen molar-refractivity contribution in [2.75, 3.05) is 13.7 Å². The van der Waals surface area contributed by atoms with Crippen molar-refractivity contribution in [2.24, 2.45) is 5.92 Å². The number of methoxy groups -OCH3 is 1. The molecule has 7 nitrogen and oxygen atoms in total. The van der Waals surface area contributed by atoms with Crippen LogP contribution in [0, 0.1) is 5.92 Å². The Hall–Kier alpha value is -1.63. The Morgan fingerprint density at radius 3 is 2.22 bits per heavy atom. The van der Waals surface area contributed by atoms with Crippen molar-refractivity contribution in [3.8, 4) is 0 Å². The highest BCUT2D eigenvalue weighted by Gasteiger charge is 2.24. The number of amides is 2. The number of nitrogens with one attached hydrogen (secondary N) is 2. The highest BCUT2D eigenvalue weighted by atomic mass is 16.5. The lowest BCUT2D eigenvalue weighted by molar-refractivity contribution is -0.150. The molecule has 0 aliphatic rings. The van der Waals surface area contributed by atoms with Gasteiger partial charge in [-0.1, -0.05) is 13.8 Å². The van der Waals surface area contributed by atoms with E-state index in [9.17, 15) is 19.5 Å². The molecular formula is C11H20N2O5. The van der Waals surface area contributed by atoms with Gasteiger partial charge in [0.1, 0.15) is 6.04 Å². The zero-order valence-electron chi connectivity index (χ0n) is 11.0. The minimum absolute atomic E-state index is 0.107. The summed E-state index contributed by atoms with van der Waals surface area (Å²) in [5, 5.41) is 14.2. The summed E-state index contributed by atoms with van der Waals surface area (Å²) in [6.07, 6.45) is -1.41. The van der Waals surface area contributed by atoms with E-state index in [1.165, 1.54) is 6.92 Å². The van der Waals surface area contributed by atoms with Gasteiger partial charge in [-0.05, 0) is 5.92 Å². The molecule has 0 aliphatic carbocycles. The lowest BCUT2D eigenvalue weighted by Gasteiger charge is -2.21. The SMILES string of the molecule is COC(=O)C(O)CNC(=O)C(NC(C)=O)C(C)C. The fraction of sp³-hybridized carbons (Fsp3) is 0.727. The van der Waals surface area contributed by atoms with Gasteiger partial charge in [0.25, 0.3) is 0 Å². The van der Waals surface area contributed by atoms with Crippen LogP contribution < -0.4 is 10.6 Å². The van der Waals surface area contributed by atoms with Crippen LogP contribution in [0.3, 0.4) is 0 Å². The van der Waals surface area contributed by atoms with Crippen LogP contribution >= 0.6 is 0 Å². The summed E-state index contributed by atoms with van der Waals surface area (Å²) in [7, 11) is 1.14. The zero-order valence-corrected chi connectivity index (χ0v) is 11.0. The molecule has 2 atom stereocenters. The van der Waals surface area contributed by atoms with Crippen molar-refractivity contribution >= 4 is 17.8 Å². The van der Waals surface area contributed by atoms with E-state index >= 15 is 0 Å². The van der Waals surface area contributed by atoms with Gasteiger partial charge in [-0.15, -0.1) is 0 Å². The summed E-state index contributed by atoms with van der Waals surface area (Å²) in [6.45, 7) is 4.61. The minimum Gasteiger partial charge on any atom is -0.467 e. The van der Waals surface area contributed by atoms with Gasteiger partial charge in [0.05, 0.1) is 13.7 Å². The number of hydrogen-bond donors (Lipinski definition) is 3. The van der Waals surface area contributed by atoms with E-state index in [1.54, 1.807) is 13.8 Å². The maximum absolute atomic E-state index is 11.7. The van der Waals surface area contributed by atoms with Crippen molar-refractivity contribution in [3.63, 3.8) is 0 Å². The number of rotatable bonds is 6. The highest BCUT2D eigenvalue weighted by Crippen LogP contribution is 2.01. The molecule has 0 aliphatic heterocycles. The van der Waals surface area contributed by atoms with Crippen LogP contribution in [0.5, 0.6) is 0 Å². The summed E-state index contributed by atoms with van der Waals surface area (Å²) in [4.78, 5) is 33.6. The van der Waals surface area contributed by atoms with E-state index in [1.807, 2.05) is 0 Å². The molecule has 0 rings (SSSR count). The molecule has 3 N–H and O–H groups in total. The molecule has 0 fully saturated rings. The first-order chi connectivity index (χ1) is 8.29. The largest absolute Gasteiger partial charge is 0.467 e. The molecule has 0 spiro atoms. The molecule has 0 bridgehead atoms.